The smallest absolute Gasteiger partial charge is 0.303 e. The number of unbranched alkanes of at least 4 members (excludes halogenated alkanes) is 1. The Labute approximate surface area is 249 Å². The van der Waals surface area contributed by atoms with Crippen molar-refractivity contribution in [2.45, 2.75) is 149 Å². The summed E-state index contributed by atoms with van der Waals surface area (Å²) in [4.78, 5) is 10.9. The molecule has 0 saturated heterocycles. The summed E-state index contributed by atoms with van der Waals surface area (Å²) in [6.07, 6.45) is 13.5. The van der Waals surface area contributed by atoms with Crippen molar-refractivity contribution in [1.29, 1.82) is 0 Å². The Morgan fingerprint density at radius 1 is 1.07 bits per heavy atom. The van der Waals surface area contributed by atoms with Crippen molar-refractivity contribution in [2.24, 2.45) is 23.7 Å². The van der Waals surface area contributed by atoms with E-state index in [2.05, 4.69) is 105 Å². The van der Waals surface area contributed by atoms with Crippen molar-refractivity contribution in [3.63, 3.8) is 0 Å². The Balaban J connectivity index is 2.36. The summed E-state index contributed by atoms with van der Waals surface area (Å²) in [6.45, 7) is 27.6. The average molecular weight is 589 g/mol. The van der Waals surface area contributed by atoms with E-state index in [1.165, 1.54) is 5.57 Å². The molecule has 228 valence electrons. The lowest BCUT2D eigenvalue weighted by Crippen LogP contribution is -2.45. The van der Waals surface area contributed by atoms with Crippen molar-refractivity contribution in [3.8, 4) is 11.8 Å². The fourth-order valence-electron chi connectivity index (χ4n) is 5.63. The molecule has 2 aliphatic carbocycles. The number of carbonyl (C=O) groups is 1. The van der Waals surface area contributed by atoms with E-state index in [4.69, 9.17) is 14.0 Å². The van der Waals surface area contributed by atoms with Crippen LogP contribution in [0.4, 0.5) is 0 Å². The third-order valence-electron chi connectivity index (χ3n) is 10.3. The molecule has 2 fully saturated rings. The van der Waals surface area contributed by atoms with Gasteiger partial charge in [0, 0.05) is 18.8 Å². The van der Waals surface area contributed by atoms with Gasteiger partial charge in [0.15, 0.2) is 16.6 Å². The number of carboxylic acids is 1. The fourth-order valence-corrected chi connectivity index (χ4v) is 8.34. The minimum atomic E-state index is -1.97. The van der Waals surface area contributed by atoms with Crippen molar-refractivity contribution in [1.82, 2.24) is 0 Å². The lowest BCUT2D eigenvalue weighted by Gasteiger charge is -2.41. The summed E-state index contributed by atoms with van der Waals surface area (Å²) in [5.74, 6) is 7.59. The highest BCUT2D eigenvalue weighted by Gasteiger charge is 2.50. The zero-order valence-corrected chi connectivity index (χ0v) is 29.8. The molecular formula is C34H60O4Si2. The van der Waals surface area contributed by atoms with Crippen molar-refractivity contribution in [3.05, 3.63) is 23.8 Å². The van der Waals surface area contributed by atoms with Crippen LogP contribution in [0.15, 0.2) is 23.8 Å². The highest BCUT2D eigenvalue weighted by molar-refractivity contribution is 6.74. The van der Waals surface area contributed by atoms with Gasteiger partial charge in [-0.1, -0.05) is 72.3 Å². The van der Waals surface area contributed by atoms with Crippen LogP contribution in [0.25, 0.3) is 0 Å². The second-order valence-electron chi connectivity index (χ2n) is 15.5. The second kappa shape index (κ2) is 13.9. The largest absolute Gasteiger partial charge is 0.481 e. The third kappa shape index (κ3) is 9.44. The number of allylic oxidation sites excluding steroid dienone is 2. The Bertz CT molecular complexity index is 971. The molecule has 0 heterocycles. The summed E-state index contributed by atoms with van der Waals surface area (Å²) < 4.78 is 14.2. The first-order valence-corrected chi connectivity index (χ1v) is 21.4. The van der Waals surface area contributed by atoms with Gasteiger partial charge in [-0.2, -0.15) is 0 Å². The maximum atomic E-state index is 10.9. The Morgan fingerprint density at radius 2 is 1.70 bits per heavy atom. The number of fused-ring (bicyclic) bond motifs is 1. The lowest BCUT2D eigenvalue weighted by atomic mass is 9.89. The molecule has 0 radical (unpaired) electrons. The standard InChI is InChI=1S/C34H60O4Si2/c1-13-14-17-25(2)30(37-39(9,10)33(3,4)5)21-20-28-29-23-26(18-15-16-19-32(35)36)22-27(29)24-31(28)38-40(11,12)34(6,7)8/h18,20-21,25,27-31H,15-17,19,22-24H2,1-12H3,(H,35,36)/b21-20+,26-18?/t25?,27-,28+,29-,30+,31+/m0/s1. The number of hydrogen-bond donors (Lipinski definition) is 1. The maximum Gasteiger partial charge on any atom is 0.303 e. The summed E-state index contributed by atoms with van der Waals surface area (Å²) in [7, 11) is -3.88. The van der Waals surface area contributed by atoms with Gasteiger partial charge in [-0.25, -0.2) is 0 Å². The average Bonchev–Trinajstić information content (AvgIpc) is 3.33. The molecule has 0 aromatic rings. The highest BCUT2D eigenvalue weighted by atomic mass is 28.4. The van der Waals surface area contributed by atoms with Crippen LogP contribution in [0.1, 0.15) is 100 Å². The van der Waals surface area contributed by atoms with Gasteiger partial charge in [0.2, 0.25) is 0 Å². The van der Waals surface area contributed by atoms with E-state index in [1.807, 2.05) is 6.92 Å². The summed E-state index contributed by atoms with van der Waals surface area (Å²) in [5.41, 5.74) is 1.52. The summed E-state index contributed by atoms with van der Waals surface area (Å²) >= 11 is 0. The van der Waals surface area contributed by atoms with Crippen LogP contribution in [0.5, 0.6) is 0 Å². The van der Waals surface area contributed by atoms with Gasteiger partial charge in [0.05, 0.1) is 12.2 Å². The number of rotatable bonds is 12. The van der Waals surface area contributed by atoms with E-state index in [1.54, 1.807) is 0 Å². The van der Waals surface area contributed by atoms with E-state index in [0.717, 1.165) is 38.5 Å². The van der Waals surface area contributed by atoms with Gasteiger partial charge < -0.3 is 14.0 Å². The van der Waals surface area contributed by atoms with Crippen LogP contribution in [0.2, 0.25) is 36.3 Å². The van der Waals surface area contributed by atoms with Crippen LogP contribution in [-0.4, -0.2) is 39.9 Å². The minimum Gasteiger partial charge on any atom is -0.481 e. The molecule has 6 atom stereocenters. The first-order chi connectivity index (χ1) is 18.3. The SMILES string of the molecule is CC#CCC(C)[C@@H](/C=C/[C@@H]1[C@H]2CC(=CCCCC(=O)O)C[C@H]2C[C@H]1O[Si](C)(C)C(C)(C)C)O[Si](C)(C)C(C)(C)C. The fraction of sp³-hybridized carbons (Fsp3) is 0.794. The number of carboxylic acid groups (broad SMARTS) is 1. The summed E-state index contributed by atoms with van der Waals surface area (Å²) in [6, 6.07) is 0. The maximum absolute atomic E-state index is 10.9. The van der Waals surface area contributed by atoms with Gasteiger partial charge in [0.1, 0.15) is 0 Å². The molecule has 2 rings (SSSR count). The van der Waals surface area contributed by atoms with E-state index in [-0.39, 0.29) is 28.7 Å². The monoisotopic (exact) mass is 588 g/mol. The van der Waals surface area contributed by atoms with Gasteiger partial charge in [-0.15, -0.1) is 11.8 Å². The predicted octanol–water partition coefficient (Wildman–Crippen LogP) is 9.60. The third-order valence-corrected chi connectivity index (χ3v) is 19.3. The van der Waals surface area contributed by atoms with Gasteiger partial charge >= 0.3 is 5.97 Å². The first kappa shape index (κ1) is 35.1. The minimum absolute atomic E-state index is 0.0433. The molecule has 0 aliphatic heterocycles. The van der Waals surface area contributed by atoms with Crippen molar-refractivity contribution < 1.29 is 18.8 Å². The topological polar surface area (TPSA) is 55.8 Å². The molecule has 0 bridgehead atoms. The molecule has 2 saturated carbocycles. The van der Waals surface area contributed by atoms with Crippen molar-refractivity contribution >= 4 is 22.6 Å². The molecule has 0 spiro atoms. The normalized spacial score (nSPS) is 26.6. The van der Waals surface area contributed by atoms with Gasteiger partial charge in [-0.3, -0.25) is 4.79 Å². The molecule has 40 heavy (non-hydrogen) atoms. The quantitative estimate of drug-likeness (QED) is 0.107. The van der Waals surface area contributed by atoms with Crippen LogP contribution < -0.4 is 0 Å². The second-order valence-corrected chi connectivity index (χ2v) is 25.1. The predicted molar refractivity (Wildman–Crippen MR) is 174 cm³/mol. The van der Waals surface area contributed by atoms with Crippen molar-refractivity contribution in [2.75, 3.05) is 0 Å². The van der Waals surface area contributed by atoms with Crippen LogP contribution >= 0.6 is 0 Å². The van der Waals surface area contributed by atoms with Crippen LogP contribution in [0, 0.1) is 35.5 Å². The Kier molecular flexibility index (Phi) is 12.2. The highest BCUT2D eigenvalue weighted by Crippen LogP contribution is 2.53. The molecule has 6 heteroatoms. The van der Waals surface area contributed by atoms with E-state index >= 15 is 0 Å². The first-order valence-electron chi connectivity index (χ1n) is 15.6. The Morgan fingerprint density at radius 3 is 2.25 bits per heavy atom. The van der Waals surface area contributed by atoms with Crippen LogP contribution in [0.3, 0.4) is 0 Å². The molecule has 0 aromatic heterocycles. The molecule has 4 nitrogen and oxygen atoms in total. The zero-order valence-electron chi connectivity index (χ0n) is 27.8. The zero-order chi connectivity index (χ0) is 30.5. The lowest BCUT2D eigenvalue weighted by molar-refractivity contribution is -0.137. The molecular weight excluding hydrogens is 529 g/mol. The van der Waals surface area contributed by atoms with E-state index < -0.39 is 22.6 Å². The molecule has 0 amide bonds. The van der Waals surface area contributed by atoms with E-state index in [9.17, 15) is 4.79 Å². The molecule has 0 aromatic carbocycles. The molecule has 1 N–H and O–H groups in total. The van der Waals surface area contributed by atoms with Gasteiger partial charge in [-0.05, 0) is 93.0 Å². The summed E-state index contributed by atoms with van der Waals surface area (Å²) in [5, 5.41) is 9.32. The number of hydrogen-bond acceptors (Lipinski definition) is 3. The number of aliphatic carboxylic acids is 1. The molecule has 1 unspecified atom stereocenters. The van der Waals surface area contributed by atoms with Gasteiger partial charge in [0.25, 0.3) is 0 Å². The van der Waals surface area contributed by atoms with Crippen LogP contribution in [-0.2, 0) is 13.6 Å². The molecule has 2 aliphatic rings. The van der Waals surface area contributed by atoms with E-state index in [0.29, 0.717) is 23.7 Å². The Hall–Kier alpha value is -1.14.